The molecule has 4 rings (SSSR count). The van der Waals surface area contributed by atoms with E-state index in [1.165, 1.54) is 0 Å². The van der Waals surface area contributed by atoms with Gasteiger partial charge in [0, 0.05) is 29.9 Å². The van der Waals surface area contributed by atoms with Gasteiger partial charge in [-0.2, -0.15) is 0 Å². The quantitative estimate of drug-likeness (QED) is 0.754. The van der Waals surface area contributed by atoms with Crippen LogP contribution in [0.1, 0.15) is 23.2 Å². The summed E-state index contributed by atoms with van der Waals surface area (Å²) in [7, 11) is 0. The molecule has 1 N–H and O–H groups in total. The van der Waals surface area contributed by atoms with Crippen LogP contribution in [0.25, 0.3) is 5.65 Å². The predicted octanol–water partition coefficient (Wildman–Crippen LogP) is 2.87. The van der Waals surface area contributed by atoms with Gasteiger partial charge in [-0.3, -0.25) is 14.0 Å². The standard InChI is InChI=1S/C19H18ClN5O2/c20-15-5-3-13(4-6-15)19(27)24-9-1-2-14(10-24)18(26)22-16-7-8-17-23-21-12-25(17)11-16/h3-8,11-12,14H,1-2,9-10H2,(H,22,26). The highest BCUT2D eigenvalue weighted by atomic mass is 35.5. The minimum Gasteiger partial charge on any atom is -0.338 e. The summed E-state index contributed by atoms with van der Waals surface area (Å²) in [5, 5.41) is 11.3. The average molecular weight is 384 g/mol. The number of nitrogens with one attached hydrogen (secondary N) is 1. The number of benzene rings is 1. The first-order chi connectivity index (χ1) is 13.1. The van der Waals surface area contributed by atoms with Crippen LogP contribution in [0.5, 0.6) is 0 Å². The molecule has 0 radical (unpaired) electrons. The van der Waals surface area contributed by atoms with E-state index in [1.807, 2.05) is 0 Å². The Balaban J connectivity index is 1.43. The number of carbonyl (C=O) groups excluding carboxylic acids is 2. The Morgan fingerprint density at radius 3 is 2.78 bits per heavy atom. The average Bonchev–Trinajstić information content (AvgIpc) is 3.16. The fourth-order valence-electron chi connectivity index (χ4n) is 3.30. The maximum atomic E-state index is 12.7. The Bertz CT molecular complexity index is 985. The number of amides is 2. The normalized spacial score (nSPS) is 17.1. The fraction of sp³-hybridized carbons (Fsp3) is 0.263. The van der Waals surface area contributed by atoms with Crippen LogP contribution in [0.2, 0.25) is 5.02 Å². The van der Waals surface area contributed by atoms with Crippen molar-refractivity contribution in [2.75, 3.05) is 18.4 Å². The number of aromatic nitrogens is 3. The molecule has 1 atom stereocenters. The highest BCUT2D eigenvalue weighted by Crippen LogP contribution is 2.21. The highest BCUT2D eigenvalue weighted by Gasteiger charge is 2.29. The second-order valence-electron chi connectivity index (χ2n) is 6.60. The van der Waals surface area contributed by atoms with Gasteiger partial charge in [-0.05, 0) is 49.2 Å². The number of hydrogen-bond donors (Lipinski definition) is 1. The molecule has 1 aromatic carbocycles. The van der Waals surface area contributed by atoms with Crippen LogP contribution >= 0.6 is 11.6 Å². The zero-order valence-electron chi connectivity index (χ0n) is 14.5. The van der Waals surface area contributed by atoms with E-state index in [0.29, 0.717) is 35.0 Å². The van der Waals surface area contributed by atoms with Gasteiger partial charge in [0.15, 0.2) is 5.65 Å². The van der Waals surface area contributed by atoms with E-state index in [9.17, 15) is 9.59 Å². The van der Waals surface area contributed by atoms with Crippen molar-refractivity contribution in [2.24, 2.45) is 5.92 Å². The van der Waals surface area contributed by atoms with Gasteiger partial charge in [0.05, 0.1) is 11.6 Å². The third-order valence-corrected chi connectivity index (χ3v) is 4.98. The van der Waals surface area contributed by atoms with Crippen molar-refractivity contribution in [3.8, 4) is 0 Å². The molecule has 0 bridgehead atoms. The Hall–Kier alpha value is -2.93. The van der Waals surface area contributed by atoms with Gasteiger partial charge in [0.1, 0.15) is 6.33 Å². The molecular weight excluding hydrogens is 366 g/mol. The van der Waals surface area contributed by atoms with E-state index in [2.05, 4.69) is 15.5 Å². The summed E-state index contributed by atoms with van der Waals surface area (Å²) in [5.41, 5.74) is 1.97. The molecule has 1 aliphatic rings. The molecule has 1 fully saturated rings. The number of pyridine rings is 1. The van der Waals surface area contributed by atoms with Crippen LogP contribution < -0.4 is 5.32 Å². The van der Waals surface area contributed by atoms with E-state index in [-0.39, 0.29) is 17.7 Å². The molecule has 0 saturated carbocycles. The molecule has 1 unspecified atom stereocenters. The van der Waals surface area contributed by atoms with Crippen LogP contribution in [-0.2, 0) is 4.79 Å². The van der Waals surface area contributed by atoms with E-state index in [4.69, 9.17) is 11.6 Å². The van der Waals surface area contributed by atoms with Crippen LogP contribution in [0, 0.1) is 5.92 Å². The summed E-state index contributed by atoms with van der Waals surface area (Å²) < 4.78 is 1.74. The van der Waals surface area contributed by atoms with Crippen molar-refractivity contribution in [3.63, 3.8) is 0 Å². The third-order valence-electron chi connectivity index (χ3n) is 4.73. The smallest absolute Gasteiger partial charge is 0.253 e. The minimum absolute atomic E-state index is 0.0740. The van der Waals surface area contributed by atoms with Crippen molar-refractivity contribution in [1.29, 1.82) is 0 Å². The zero-order valence-corrected chi connectivity index (χ0v) is 15.3. The first-order valence-corrected chi connectivity index (χ1v) is 9.13. The summed E-state index contributed by atoms with van der Waals surface area (Å²) >= 11 is 5.89. The topological polar surface area (TPSA) is 79.6 Å². The van der Waals surface area contributed by atoms with E-state index >= 15 is 0 Å². The number of fused-ring (bicyclic) bond motifs is 1. The van der Waals surface area contributed by atoms with Crippen molar-refractivity contribution < 1.29 is 9.59 Å². The Kier molecular flexibility index (Phi) is 4.77. The Morgan fingerprint density at radius 2 is 1.96 bits per heavy atom. The van der Waals surface area contributed by atoms with Gasteiger partial charge in [0.2, 0.25) is 5.91 Å². The summed E-state index contributed by atoms with van der Waals surface area (Å²) in [6, 6.07) is 10.4. The largest absolute Gasteiger partial charge is 0.338 e. The molecule has 3 heterocycles. The van der Waals surface area contributed by atoms with E-state index in [1.54, 1.807) is 58.2 Å². The molecule has 0 aliphatic carbocycles. The van der Waals surface area contributed by atoms with Gasteiger partial charge in [-0.25, -0.2) is 0 Å². The summed E-state index contributed by atoms with van der Waals surface area (Å²) in [4.78, 5) is 27.1. The number of likely N-dealkylation sites (tertiary alicyclic amines) is 1. The molecule has 1 saturated heterocycles. The van der Waals surface area contributed by atoms with Crippen LogP contribution in [0.3, 0.4) is 0 Å². The van der Waals surface area contributed by atoms with Crippen molar-refractivity contribution in [1.82, 2.24) is 19.5 Å². The van der Waals surface area contributed by atoms with Crippen LogP contribution in [-0.4, -0.2) is 44.4 Å². The van der Waals surface area contributed by atoms with Gasteiger partial charge >= 0.3 is 0 Å². The van der Waals surface area contributed by atoms with Crippen molar-refractivity contribution in [2.45, 2.75) is 12.8 Å². The zero-order chi connectivity index (χ0) is 18.8. The minimum atomic E-state index is -0.244. The number of piperidine rings is 1. The Morgan fingerprint density at radius 1 is 1.15 bits per heavy atom. The molecule has 1 aliphatic heterocycles. The molecule has 8 heteroatoms. The first-order valence-electron chi connectivity index (χ1n) is 8.75. The second-order valence-corrected chi connectivity index (χ2v) is 7.04. The van der Waals surface area contributed by atoms with Crippen molar-refractivity contribution >= 4 is 34.7 Å². The number of nitrogens with zero attached hydrogens (tertiary/aromatic N) is 4. The molecule has 0 spiro atoms. The number of carbonyl (C=O) groups is 2. The molecule has 2 aromatic heterocycles. The number of anilines is 1. The van der Waals surface area contributed by atoms with Crippen LogP contribution in [0.4, 0.5) is 5.69 Å². The molecule has 27 heavy (non-hydrogen) atoms. The predicted molar refractivity (Wildman–Crippen MR) is 102 cm³/mol. The van der Waals surface area contributed by atoms with Gasteiger partial charge in [-0.15, -0.1) is 10.2 Å². The molecular formula is C19H18ClN5O2. The number of hydrogen-bond acceptors (Lipinski definition) is 4. The molecule has 3 aromatic rings. The monoisotopic (exact) mass is 383 g/mol. The summed E-state index contributed by atoms with van der Waals surface area (Å²) in [5.74, 6) is -0.405. The molecule has 138 valence electrons. The lowest BCUT2D eigenvalue weighted by atomic mass is 9.96. The lowest BCUT2D eigenvalue weighted by molar-refractivity contribution is -0.121. The van der Waals surface area contributed by atoms with Crippen LogP contribution in [0.15, 0.2) is 48.9 Å². The van der Waals surface area contributed by atoms with E-state index in [0.717, 1.165) is 12.8 Å². The molecule has 2 amide bonds. The van der Waals surface area contributed by atoms with Gasteiger partial charge in [0.25, 0.3) is 5.91 Å². The lowest BCUT2D eigenvalue weighted by Crippen LogP contribution is -2.43. The number of halogens is 1. The summed E-state index contributed by atoms with van der Waals surface area (Å²) in [6.07, 6.45) is 4.90. The summed E-state index contributed by atoms with van der Waals surface area (Å²) in [6.45, 7) is 1.06. The first kappa shape index (κ1) is 17.5. The van der Waals surface area contributed by atoms with E-state index < -0.39 is 0 Å². The SMILES string of the molecule is O=C(Nc1ccc2nncn2c1)C1CCCN(C(=O)c2ccc(Cl)cc2)C1. The lowest BCUT2D eigenvalue weighted by Gasteiger charge is -2.32. The maximum absolute atomic E-state index is 12.7. The second kappa shape index (κ2) is 7.36. The molecule has 7 nitrogen and oxygen atoms in total. The van der Waals surface area contributed by atoms with Gasteiger partial charge in [-0.1, -0.05) is 11.6 Å². The third kappa shape index (κ3) is 3.78. The fourth-order valence-corrected chi connectivity index (χ4v) is 3.42. The van der Waals surface area contributed by atoms with Gasteiger partial charge < -0.3 is 10.2 Å². The maximum Gasteiger partial charge on any atom is 0.253 e. The van der Waals surface area contributed by atoms with Crippen molar-refractivity contribution in [3.05, 3.63) is 59.5 Å². The number of rotatable bonds is 3. The highest BCUT2D eigenvalue weighted by molar-refractivity contribution is 6.30. The Labute approximate surface area is 160 Å².